The molecule has 0 amide bonds. The van der Waals surface area contributed by atoms with Crippen LogP contribution in [0.15, 0.2) is 35.3 Å². The Labute approximate surface area is 193 Å². The van der Waals surface area contributed by atoms with Crippen molar-refractivity contribution in [2.75, 3.05) is 52.1 Å². The number of hydrogen-bond acceptors (Lipinski definition) is 4. The van der Waals surface area contributed by atoms with E-state index in [1.807, 2.05) is 19.9 Å². The average molecular weight is 538 g/mol. The Morgan fingerprint density at radius 2 is 1.76 bits per heavy atom. The van der Waals surface area contributed by atoms with E-state index in [0.29, 0.717) is 25.6 Å². The van der Waals surface area contributed by atoms with Crippen molar-refractivity contribution in [2.45, 2.75) is 32.7 Å². The summed E-state index contributed by atoms with van der Waals surface area (Å²) in [5.41, 5.74) is 1.29. The van der Waals surface area contributed by atoms with E-state index in [2.05, 4.69) is 44.8 Å². The molecule has 1 fully saturated rings. The first-order valence-corrected chi connectivity index (χ1v) is 11.8. The van der Waals surface area contributed by atoms with Crippen molar-refractivity contribution in [1.82, 2.24) is 19.8 Å². The van der Waals surface area contributed by atoms with Crippen LogP contribution in [0, 0.1) is 0 Å². The van der Waals surface area contributed by atoms with Crippen molar-refractivity contribution >= 4 is 40.0 Å². The van der Waals surface area contributed by atoms with Gasteiger partial charge in [-0.05, 0) is 31.5 Å². The number of sulfonamides is 1. The quantitative estimate of drug-likeness (QED) is 0.272. The van der Waals surface area contributed by atoms with Crippen LogP contribution < -0.4 is 10.6 Å². The summed E-state index contributed by atoms with van der Waals surface area (Å²) in [4.78, 5) is 6.75. The summed E-state index contributed by atoms with van der Waals surface area (Å²) >= 11 is 0. The molecule has 1 heterocycles. The largest absolute Gasteiger partial charge is 0.355 e. The molecule has 2 N–H and O–H groups in total. The normalized spacial score (nSPS) is 16.5. The standard InChI is InChI=1S/C20H35N5O2S.HI/c1-4-25(5-2)28(26,27)16-13-22-20(21-3)23-17-19(24-14-9-10-15-24)18-11-7-6-8-12-18;/h6-8,11-12,19H,4-5,9-10,13-17H2,1-3H3,(H2,21,22,23);1H. The maximum atomic E-state index is 12.3. The van der Waals surface area contributed by atoms with Gasteiger partial charge in [0.25, 0.3) is 0 Å². The van der Waals surface area contributed by atoms with Crippen molar-refractivity contribution in [2.24, 2.45) is 4.99 Å². The fourth-order valence-corrected chi connectivity index (χ4v) is 5.05. The van der Waals surface area contributed by atoms with E-state index in [1.165, 1.54) is 22.7 Å². The minimum absolute atomic E-state index is 0. The van der Waals surface area contributed by atoms with Crippen LogP contribution in [-0.2, 0) is 10.0 Å². The second kappa shape index (κ2) is 13.4. The lowest BCUT2D eigenvalue weighted by atomic mass is 10.1. The summed E-state index contributed by atoms with van der Waals surface area (Å²) < 4.78 is 26.1. The summed E-state index contributed by atoms with van der Waals surface area (Å²) in [6, 6.07) is 10.8. The number of hydrogen-bond donors (Lipinski definition) is 2. The molecule has 1 atom stereocenters. The molecule has 7 nitrogen and oxygen atoms in total. The Bertz CT molecular complexity index is 705. The highest BCUT2D eigenvalue weighted by Crippen LogP contribution is 2.24. The van der Waals surface area contributed by atoms with Gasteiger partial charge < -0.3 is 10.6 Å². The van der Waals surface area contributed by atoms with Crippen molar-refractivity contribution < 1.29 is 8.42 Å². The minimum Gasteiger partial charge on any atom is -0.355 e. The van der Waals surface area contributed by atoms with Crippen molar-refractivity contribution in [3.8, 4) is 0 Å². The third-order valence-corrected chi connectivity index (χ3v) is 7.23. The zero-order chi connectivity index (χ0) is 20.4. The topological polar surface area (TPSA) is 77.0 Å². The van der Waals surface area contributed by atoms with Gasteiger partial charge in [0.05, 0.1) is 11.8 Å². The molecule has 9 heteroatoms. The van der Waals surface area contributed by atoms with E-state index in [-0.39, 0.29) is 35.8 Å². The molecule has 1 aromatic carbocycles. The first-order chi connectivity index (χ1) is 13.5. The molecule has 1 aromatic rings. The predicted molar refractivity (Wildman–Crippen MR) is 131 cm³/mol. The van der Waals surface area contributed by atoms with Gasteiger partial charge >= 0.3 is 0 Å². The van der Waals surface area contributed by atoms with Crippen molar-refractivity contribution in [3.05, 3.63) is 35.9 Å². The maximum absolute atomic E-state index is 12.3. The maximum Gasteiger partial charge on any atom is 0.215 e. The fraction of sp³-hybridized carbons (Fsp3) is 0.650. The predicted octanol–water partition coefficient (Wildman–Crippen LogP) is 2.28. The second-order valence-corrected chi connectivity index (χ2v) is 9.04. The summed E-state index contributed by atoms with van der Waals surface area (Å²) in [5, 5.41) is 6.52. The second-order valence-electron chi connectivity index (χ2n) is 6.95. The van der Waals surface area contributed by atoms with E-state index in [9.17, 15) is 8.42 Å². The van der Waals surface area contributed by atoms with Gasteiger partial charge in [-0.3, -0.25) is 9.89 Å². The van der Waals surface area contributed by atoms with E-state index in [0.717, 1.165) is 19.6 Å². The molecule has 1 saturated heterocycles. The summed E-state index contributed by atoms with van der Waals surface area (Å²) in [6.45, 7) is 7.99. The monoisotopic (exact) mass is 537 g/mol. The first kappa shape index (κ1) is 26.1. The minimum atomic E-state index is -3.23. The average Bonchev–Trinajstić information content (AvgIpc) is 3.22. The summed E-state index contributed by atoms with van der Waals surface area (Å²) in [6.07, 6.45) is 2.47. The lowest BCUT2D eigenvalue weighted by molar-refractivity contribution is 0.245. The van der Waals surface area contributed by atoms with Crippen LogP contribution in [0.25, 0.3) is 0 Å². The van der Waals surface area contributed by atoms with Crippen LogP contribution in [0.3, 0.4) is 0 Å². The first-order valence-electron chi connectivity index (χ1n) is 10.2. The van der Waals surface area contributed by atoms with Crippen LogP contribution >= 0.6 is 24.0 Å². The molecule has 1 unspecified atom stereocenters. The molecule has 0 bridgehead atoms. The van der Waals surface area contributed by atoms with Gasteiger partial charge in [0.2, 0.25) is 10.0 Å². The van der Waals surface area contributed by atoms with Gasteiger partial charge in [-0.25, -0.2) is 12.7 Å². The smallest absolute Gasteiger partial charge is 0.215 e. The molecule has 0 radical (unpaired) electrons. The fourth-order valence-electron chi connectivity index (χ4n) is 3.64. The number of aliphatic imine (C=N–C) groups is 1. The number of guanidine groups is 1. The molecule has 0 aromatic heterocycles. The summed E-state index contributed by atoms with van der Waals surface area (Å²) in [5.74, 6) is 0.693. The lowest BCUT2D eigenvalue weighted by Crippen LogP contribution is -2.45. The molecule has 29 heavy (non-hydrogen) atoms. The molecular weight excluding hydrogens is 501 g/mol. The number of rotatable bonds is 10. The Balaban J connectivity index is 0.00000420. The van der Waals surface area contributed by atoms with Gasteiger partial charge in [0.15, 0.2) is 5.96 Å². The Kier molecular flexibility index (Phi) is 12.1. The van der Waals surface area contributed by atoms with Crippen LogP contribution in [0.4, 0.5) is 0 Å². The van der Waals surface area contributed by atoms with E-state index in [1.54, 1.807) is 7.05 Å². The van der Waals surface area contributed by atoms with E-state index >= 15 is 0 Å². The van der Waals surface area contributed by atoms with Crippen molar-refractivity contribution in [3.63, 3.8) is 0 Å². The number of benzene rings is 1. The molecule has 0 spiro atoms. The SMILES string of the molecule is CCN(CC)S(=O)(=O)CCNC(=NC)NCC(c1ccccc1)N1CCCC1.I. The molecule has 166 valence electrons. The third kappa shape index (κ3) is 8.03. The van der Waals surface area contributed by atoms with Crippen molar-refractivity contribution in [1.29, 1.82) is 0 Å². The molecule has 2 rings (SSSR count). The molecule has 1 aliphatic heterocycles. The zero-order valence-corrected chi connectivity index (χ0v) is 20.9. The lowest BCUT2D eigenvalue weighted by Gasteiger charge is -2.29. The Hall–Kier alpha value is -0.910. The van der Waals surface area contributed by atoms with Crippen LogP contribution in [0.1, 0.15) is 38.3 Å². The van der Waals surface area contributed by atoms with E-state index < -0.39 is 10.0 Å². The molecule has 0 saturated carbocycles. The molecule has 1 aliphatic rings. The molecular formula is C20H36IN5O2S. The molecule has 0 aliphatic carbocycles. The highest BCUT2D eigenvalue weighted by atomic mass is 127. The Morgan fingerprint density at radius 3 is 2.31 bits per heavy atom. The number of likely N-dealkylation sites (tertiary alicyclic amines) is 1. The highest BCUT2D eigenvalue weighted by molar-refractivity contribution is 14.0. The highest BCUT2D eigenvalue weighted by Gasteiger charge is 2.23. The van der Waals surface area contributed by atoms with E-state index in [4.69, 9.17) is 0 Å². The van der Waals surface area contributed by atoms with Crippen LogP contribution in [-0.4, -0.2) is 75.7 Å². The van der Waals surface area contributed by atoms with Crippen LogP contribution in [0.2, 0.25) is 0 Å². The Morgan fingerprint density at radius 1 is 1.14 bits per heavy atom. The van der Waals surface area contributed by atoms with Gasteiger partial charge in [-0.15, -0.1) is 24.0 Å². The van der Waals surface area contributed by atoms with Gasteiger partial charge in [0.1, 0.15) is 0 Å². The number of halogens is 1. The number of nitrogens with zero attached hydrogens (tertiary/aromatic N) is 3. The third-order valence-electron chi connectivity index (χ3n) is 5.20. The van der Waals surface area contributed by atoms with Gasteiger partial charge in [-0.2, -0.15) is 0 Å². The zero-order valence-electron chi connectivity index (χ0n) is 17.8. The summed E-state index contributed by atoms with van der Waals surface area (Å²) in [7, 11) is -1.52. The van der Waals surface area contributed by atoms with Crippen LogP contribution in [0.5, 0.6) is 0 Å². The number of nitrogens with one attached hydrogen (secondary N) is 2. The van der Waals surface area contributed by atoms with Gasteiger partial charge in [0, 0.05) is 33.2 Å². The van der Waals surface area contributed by atoms with Gasteiger partial charge in [-0.1, -0.05) is 44.2 Å².